The summed E-state index contributed by atoms with van der Waals surface area (Å²) in [5.74, 6) is -1.53. The molecule has 0 spiro atoms. The minimum atomic E-state index is -0.972. The average Bonchev–Trinajstić information content (AvgIpc) is 2.87. The Hall–Kier alpha value is -3.43. The van der Waals surface area contributed by atoms with Gasteiger partial charge in [-0.25, -0.2) is 0 Å². The first-order valence-corrected chi connectivity index (χ1v) is 12.1. The number of carbonyl (C=O) groups is 1. The number of rotatable bonds is 8. The topological polar surface area (TPSA) is 111 Å². The van der Waals surface area contributed by atoms with Crippen LogP contribution >= 0.6 is 0 Å². The van der Waals surface area contributed by atoms with Crippen LogP contribution in [0.5, 0.6) is 5.75 Å². The number of hydrogen-bond acceptors (Lipinski definition) is 7. The number of carbonyl (C=O) groups excluding carboxylic acids is 1. The number of hydrogen-bond donors (Lipinski definition) is 1. The first kappa shape index (κ1) is 25.7. The van der Waals surface area contributed by atoms with E-state index in [9.17, 15) is 19.5 Å². The van der Waals surface area contributed by atoms with Crippen LogP contribution in [-0.2, 0) is 27.4 Å². The molecule has 9 nitrogen and oxygen atoms in total. The van der Waals surface area contributed by atoms with E-state index in [1.807, 2.05) is 38.1 Å². The summed E-state index contributed by atoms with van der Waals surface area (Å²) in [4.78, 5) is 41.5. The maximum atomic E-state index is 13.9. The third-order valence-corrected chi connectivity index (χ3v) is 6.30. The Labute approximate surface area is 208 Å². The summed E-state index contributed by atoms with van der Waals surface area (Å²) in [5.41, 5.74) is 0.109. The molecule has 0 bridgehead atoms. The normalized spacial score (nSPS) is 14.9. The molecule has 3 heterocycles. The number of nitrogens with zero attached hydrogens (tertiary/aromatic N) is 2. The SMILES string of the molecule is COCc1cc(=O)c(O)c([C@H](CC(=O)N2CCOCC2)c2cc3ccccc3n(CC(C)C)c2=O)o1. The number of aromatic hydroxyl groups is 1. The Morgan fingerprint density at radius 1 is 1.14 bits per heavy atom. The van der Waals surface area contributed by atoms with Crippen LogP contribution in [0, 0.1) is 5.92 Å². The van der Waals surface area contributed by atoms with Gasteiger partial charge >= 0.3 is 0 Å². The van der Waals surface area contributed by atoms with E-state index in [0.29, 0.717) is 32.8 Å². The van der Waals surface area contributed by atoms with Crippen molar-refractivity contribution in [3.05, 3.63) is 74.1 Å². The molecule has 192 valence electrons. The van der Waals surface area contributed by atoms with E-state index in [1.54, 1.807) is 15.5 Å². The quantitative estimate of drug-likeness (QED) is 0.510. The van der Waals surface area contributed by atoms with E-state index >= 15 is 0 Å². The van der Waals surface area contributed by atoms with Crippen LogP contribution in [0.1, 0.15) is 43.3 Å². The molecule has 1 atom stereocenters. The minimum absolute atomic E-state index is 0.00194. The lowest BCUT2D eigenvalue weighted by molar-refractivity contribution is -0.135. The smallest absolute Gasteiger partial charge is 0.255 e. The van der Waals surface area contributed by atoms with Gasteiger partial charge in [-0.3, -0.25) is 14.4 Å². The number of amides is 1. The van der Waals surface area contributed by atoms with Crippen molar-refractivity contribution in [2.75, 3.05) is 33.4 Å². The lowest BCUT2D eigenvalue weighted by atomic mass is 9.91. The predicted molar refractivity (Wildman–Crippen MR) is 134 cm³/mol. The number of para-hydroxylation sites is 1. The molecular formula is C27H32N2O7. The predicted octanol–water partition coefficient (Wildman–Crippen LogP) is 2.84. The summed E-state index contributed by atoms with van der Waals surface area (Å²) in [6, 6.07) is 10.4. The van der Waals surface area contributed by atoms with Crippen LogP contribution in [0.25, 0.3) is 10.9 Å². The molecular weight excluding hydrogens is 464 g/mol. The summed E-state index contributed by atoms with van der Waals surface area (Å²) in [6.07, 6.45) is -0.151. The highest BCUT2D eigenvalue weighted by Crippen LogP contribution is 2.33. The highest BCUT2D eigenvalue weighted by Gasteiger charge is 2.31. The molecule has 1 N–H and O–H groups in total. The van der Waals surface area contributed by atoms with Gasteiger partial charge in [0.15, 0.2) is 5.76 Å². The highest BCUT2D eigenvalue weighted by molar-refractivity contribution is 5.81. The van der Waals surface area contributed by atoms with Crippen molar-refractivity contribution in [3.63, 3.8) is 0 Å². The second-order valence-electron chi connectivity index (χ2n) is 9.44. The average molecular weight is 497 g/mol. The van der Waals surface area contributed by atoms with Gasteiger partial charge in [0.05, 0.1) is 24.6 Å². The van der Waals surface area contributed by atoms with Crippen molar-refractivity contribution in [1.82, 2.24) is 9.47 Å². The highest BCUT2D eigenvalue weighted by atomic mass is 16.5. The summed E-state index contributed by atoms with van der Waals surface area (Å²) < 4.78 is 18.1. The zero-order valence-corrected chi connectivity index (χ0v) is 20.9. The molecule has 36 heavy (non-hydrogen) atoms. The van der Waals surface area contributed by atoms with E-state index in [2.05, 4.69) is 0 Å². The van der Waals surface area contributed by atoms with Crippen LogP contribution in [0.4, 0.5) is 0 Å². The van der Waals surface area contributed by atoms with E-state index in [4.69, 9.17) is 13.9 Å². The van der Waals surface area contributed by atoms with Gasteiger partial charge in [0, 0.05) is 44.8 Å². The van der Waals surface area contributed by atoms with Crippen molar-refractivity contribution >= 4 is 16.8 Å². The van der Waals surface area contributed by atoms with E-state index in [-0.39, 0.29) is 47.5 Å². The lowest BCUT2D eigenvalue weighted by Gasteiger charge is -2.28. The van der Waals surface area contributed by atoms with Gasteiger partial charge < -0.3 is 28.5 Å². The molecule has 1 saturated heterocycles. The number of aromatic nitrogens is 1. The molecule has 0 saturated carbocycles. The van der Waals surface area contributed by atoms with Crippen molar-refractivity contribution in [3.8, 4) is 5.75 Å². The number of morpholine rings is 1. The summed E-state index contributed by atoms with van der Waals surface area (Å²) in [7, 11) is 1.46. The number of methoxy groups -OCH3 is 1. The Morgan fingerprint density at radius 3 is 2.56 bits per heavy atom. The molecule has 0 radical (unpaired) electrons. The van der Waals surface area contributed by atoms with Gasteiger partial charge in [0.2, 0.25) is 17.1 Å². The molecule has 1 amide bonds. The summed E-state index contributed by atoms with van der Waals surface area (Å²) >= 11 is 0. The minimum Gasteiger partial charge on any atom is -0.502 e. The Balaban J connectivity index is 1.92. The Morgan fingerprint density at radius 2 is 1.86 bits per heavy atom. The van der Waals surface area contributed by atoms with Crippen molar-refractivity contribution in [1.29, 1.82) is 0 Å². The lowest BCUT2D eigenvalue weighted by Crippen LogP contribution is -2.41. The van der Waals surface area contributed by atoms with Crippen molar-refractivity contribution in [2.24, 2.45) is 5.92 Å². The molecule has 9 heteroatoms. The molecule has 2 aromatic heterocycles. The van der Waals surface area contributed by atoms with Crippen LogP contribution in [0.15, 0.2) is 50.4 Å². The standard InChI is InChI=1S/C27H32N2O7/c1-17(2)15-29-22-7-5-4-6-18(22)12-21(27(29)33)20(14-24(31)28-8-10-35-11-9-28)26-25(32)23(30)13-19(36-26)16-34-3/h4-7,12-13,17,20,32H,8-11,14-16H2,1-3H3/t20-/m1/s1. The van der Waals surface area contributed by atoms with Gasteiger partial charge in [-0.1, -0.05) is 32.0 Å². The molecule has 4 rings (SSSR count). The Kier molecular flexibility index (Phi) is 7.91. The number of benzene rings is 1. The first-order chi connectivity index (χ1) is 17.3. The van der Waals surface area contributed by atoms with Crippen LogP contribution in [0.3, 0.4) is 0 Å². The van der Waals surface area contributed by atoms with Crippen LogP contribution in [-0.4, -0.2) is 53.9 Å². The molecule has 1 fully saturated rings. The first-order valence-electron chi connectivity index (χ1n) is 12.1. The monoisotopic (exact) mass is 496 g/mol. The number of ether oxygens (including phenoxy) is 2. The van der Waals surface area contributed by atoms with Gasteiger partial charge in [-0.2, -0.15) is 0 Å². The summed E-state index contributed by atoms with van der Waals surface area (Å²) in [6.45, 7) is 6.23. The largest absolute Gasteiger partial charge is 0.502 e. The van der Waals surface area contributed by atoms with Crippen LogP contribution in [0.2, 0.25) is 0 Å². The molecule has 1 aliphatic heterocycles. The third-order valence-electron chi connectivity index (χ3n) is 6.30. The van der Waals surface area contributed by atoms with E-state index < -0.39 is 17.1 Å². The zero-order valence-electron chi connectivity index (χ0n) is 20.9. The second-order valence-corrected chi connectivity index (χ2v) is 9.44. The molecule has 0 unspecified atom stereocenters. The van der Waals surface area contributed by atoms with E-state index in [0.717, 1.165) is 17.0 Å². The zero-order chi connectivity index (χ0) is 25.8. The third kappa shape index (κ3) is 5.37. The van der Waals surface area contributed by atoms with Crippen molar-refractivity contribution < 1.29 is 23.8 Å². The molecule has 3 aromatic rings. The van der Waals surface area contributed by atoms with Gasteiger partial charge in [0.25, 0.3) is 5.56 Å². The number of pyridine rings is 1. The molecule has 0 aliphatic carbocycles. The fraction of sp³-hybridized carbons (Fsp3) is 0.444. The van der Waals surface area contributed by atoms with Gasteiger partial charge in [0.1, 0.15) is 12.4 Å². The van der Waals surface area contributed by atoms with Crippen molar-refractivity contribution in [2.45, 2.75) is 39.3 Å². The summed E-state index contributed by atoms with van der Waals surface area (Å²) in [5, 5.41) is 11.6. The fourth-order valence-electron chi connectivity index (χ4n) is 4.61. The Bertz CT molecular complexity index is 1350. The maximum Gasteiger partial charge on any atom is 0.255 e. The van der Waals surface area contributed by atoms with Crippen LogP contribution < -0.4 is 11.0 Å². The van der Waals surface area contributed by atoms with Gasteiger partial charge in [-0.15, -0.1) is 0 Å². The van der Waals surface area contributed by atoms with Gasteiger partial charge in [-0.05, 0) is 23.4 Å². The second kappa shape index (κ2) is 11.1. The molecule has 1 aliphatic rings. The number of fused-ring (bicyclic) bond motifs is 1. The fourth-order valence-corrected chi connectivity index (χ4v) is 4.61. The maximum absolute atomic E-state index is 13.9. The van der Waals surface area contributed by atoms with E-state index in [1.165, 1.54) is 7.11 Å². The molecule has 1 aromatic carbocycles.